The normalized spacial score (nSPS) is 17.5. The number of pyridine rings is 1. The minimum Gasteiger partial charge on any atom is -0.383 e. The lowest BCUT2D eigenvalue weighted by Crippen LogP contribution is -2.26. The fourth-order valence-corrected chi connectivity index (χ4v) is 4.20. The number of halogens is 1. The Labute approximate surface area is 131 Å². The molecular formula is C15H24ClN3S. The maximum Gasteiger partial charge on any atom is 0.128 e. The molecule has 0 amide bonds. The largest absolute Gasteiger partial charge is 0.383 e. The van der Waals surface area contributed by atoms with Gasteiger partial charge >= 0.3 is 0 Å². The van der Waals surface area contributed by atoms with Gasteiger partial charge in [-0.15, -0.1) is 0 Å². The van der Waals surface area contributed by atoms with Crippen LogP contribution in [0.4, 0.5) is 5.82 Å². The minimum absolute atomic E-state index is 0.242. The molecule has 0 radical (unpaired) electrons. The van der Waals surface area contributed by atoms with Gasteiger partial charge in [-0.05, 0) is 31.9 Å². The van der Waals surface area contributed by atoms with E-state index in [-0.39, 0.29) is 6.04 Å². The van der Waals surface area contributed by atoms with Gasteiger partial charge in [0.15, 0.2) is 0 Å². The van der Waals surface area contributed by atoms with Crippen LogP contribution in [0, 0.1) is 0 Å². The summed E-state index contributed by atoms with van der Waals surface area (Å²) in [6.07, 6.45) is 8.19. The van der Waals surface area contributed by atoms with Crippen molar-refractivity contribution in [3.63, 3.8) is 0 Å². The van der Waals surface area contributed by atoms with Gasteiger partial charge in [0.1, 0.15) is 5.82 Å². The molecule has 1 aliphatic rings. The number of nitrogens with two attached hydrogens (primary N) is 1. The highest BCUT2D eigenvalue weighted by Gasteiger charge is 2.20. The molecule has 0 aromatic carbocycles. The van der Waals surface area contributed by atoms with Crippen LogP contribution in [0.1, 0.15) is 50.6 Å². The van der Waals surface area contributed by atoms with Crippen molar-refractivity contribution >= 4 is 29.2 Å². The molecule has 0 aliphatic heterocycles. The van der Waals surface area contributed by atoms with Crippen molar-refractivity contribution in [3.05, 3.63) is 22.8 Å². The lowest BCUT2D eigenvalue weighted by molar-refractivity contribution is 0.576. The second-order valence-electron chi connectivity index (χ2n) is 5.37. The average Bonchev–Trinajstić information content (AvgIpc) is 2.95. The SMILES string of the molecule is CCCNC(CSC1CCCC1)c1cc(Cl)cnc1N. The van der Waals surface area contributed by atoms with Crippen LogP contribution < -0.4 is 11.1 Å². The van der Waals surface area contributed by atoms with E-state index in [0.717, 1.165) is 29.5 Å². The zero-order valence-corrected chi connectivity index (χ0v) is 13.6. The van der Waals surface area contributed by atoms with Crippen molar-refractivity contribution in [2.24, 2.45) is 0 Å². The predicted molar refractivity (Wildman–Crippen MR) is 89.4 cm³/mol. The summed E-state index contributed by atoms with van der Waals surface area (Å²) in [7, 11) is 0. The van der Waals surface area contributed by atoms with Crippen LogP contribution in [-0.2, 0) is 0 Å². The standard InChI is InChI=1S/C15H24ClN3S/c1-2-7-18-14(10-20-12-5-3-4-6-12)13-8-11(16)9-19-15(13)17/h8-9,12,14,18H,2-7,10H2,1H3,(H2,17,19). The third kappa shape index (κ3) is 4.54. The van der Waals surface area contributed by atoms with Gasteiger partial charge in [-0.3, -0.25) is 0 Å². The van der Waals surface area contributed by atoms with Gasteiger partial charge in [-0.1, -0.05) is 31.4 Å². The first kappa shape index (κ1) is 15.9. The summed E-state index contributed by atoms with van der Waals surface area (Å²) in [6.45, 7) is 3.16. The van der Waals surface area contributed by atoms with E-state index in [1.165, 1.54) is 25.7 Å². The number of rotatable bonds is 7. The van der Waals surface area contributed by atoms with Gasteiger partial charge in [0, 0.05) is 28.8 Å². The molecule has 5 heteroatoms. The summed E-state index contributed by atoms with van der Waals surface area (Å²) < 4.78 is 0. The Balaban J connectivity index is 2.02. The maximum absolute atomic E-state index is 6.07. The summed E-state index contributed by atoms with van der Waals surface area (Å²) in [5, 5.41) is 5.05. The first-order chi connectivity index (χ1) is 9.70. The molecule has 1 aromatic heterocycles. The molecule has 3 N–H and O–H groups in total. The van der Waals surface area contributed by atoms with Crippen LogP contribution in [0.5, 0.6) is 0 Å². The Morgan fingerprint density at radius 1 is 1.50 bits per heavy atom. The molecule has 0 saturated heterocycles. The molecule has 112 valence electrons. The highest BCUT2D eigenvalue weighted by atomic mass is 35.5. The Hall–Kier alpha value is -0.450. The monoisotopic (exact) mass is 313 g/mol. The van der Waals surface area contributed by atoms with Gasteiger partial charge in [0.05, 0.1) is 5.02 Å². The Morgan fingerprint density at radius 2 is 2.25 bits per heavy atom. The van der Waals surface area contributed by atoms with Crippen LogP contribution in [0.25, 0.3) is 0 Å². The summed E-state index contributed by atoms with van der Waals surface area (Å²) in [6, 6.07) is 2.19. The van der Waals surface area contributed by atoms with E-state index < -0.39 is 0 Å². The van der Waals surface area contributed by atoms with Crippen LogP contribution in [0.2, 0.25) is 5.02 Å². The molecule has 20 heavy (non-hydrogen) atoms. The summed E-state index contributed by atoms with van der Waals surface area (Å²) in [5.41, 5.74) is 7.07. The first-order valence-electron chi connectivity index (χ1n) is 7.46. The molecule has 1 heterocycles. The number of anilines is 1. The summed E-state index contributed by atoms with van der Waals surface area (Å²) in [5.74, 6) is 1.63. The van der Waals surface area contributed by atoms with E-state index in [1.807, 2.05) is 6.07 Å². The third-order valence-corrected chi connectivity index (χ3v) is 5.41. The third-order valence-electron chi connectivity index (χ3n) is 3.73. The van der Waals surface area contributed by atoms with E-state index in [0.29, 0.717) is 10.8 Å². The molecule has 1 aromatic rings. The fraction of sp³-hybridized carbons (Fsp3) is 0.667. The molecular weight excluding hydrogens is 290 g/mol. The second-order valence-corrected chi connectivity index (χ2v) is 7.14. The number of thioether (sulfide) groups is 1. The van der Waals surface area contributed by atoms with E-state index >= 15 is 0 Å². The molecule has 2 rings (SSSR count). The number of nitrogens with zero attached hydrogens (tertiary/aromatic N) is 1. The predicted octanol–water partition coefficient (Wildman–Crippen LogP) is 4.03. The van der Waals surface area contributed by atoms with Gasteiger partial charge in [0.25, 0.3) is 0 Å². The molecule has 1 unspecified atom stereocenters. The number of hydrogen-bond acceptors (Lipinski definition) is 4. The lowest BCUT2D eigenvalue weighted by Gasteiger charge is -2.21. The maximum atomic E-state index is 6.07. The summed E-state index contributed by atoms with van der Waals surface area (Å²) >= 11 is 8.13. The van der Waals surface area contributed by atoms with E-state index in [9.17, 15) is 0 Å². The molecule has 1 fully saturated rings. The Kier molecular flexibility index (Phi) is 6.46. The molecule has 3 nitrogen and oxygen atoms in total. The number of nitrogens with one attached hydrogen (secondary N) is 1. The highest BCUT2D eigenvalue weighted by Crippen LogP contribution is 2.33. The zero-order chi connectivity index (χ0) is 14.4. The first-order valence-corrected chi connectivity index (χ1v) is 8.89. The smallest absolute Gasteiger partial charge is 0.128 e. The highest BCUT2D eigenvalue weighted by molar-refractivity contribution is 7.99. The van der Waals surface area contributed by atoms with E-state index in [2.05, 4.69) is 29.0 Å². The number of hydrogen-bond donors (Lipinski definition) is 2. The number of nitrogen functional groups attached to an aromatic ring is 1. The van der Waals surface area contributed by atoms with Crippen LogP contribution in [0.3, 0.4) is 0 Å². The zero-order valence-electron chi connectivity index (χ0n) is 12.1. The molecule has 0 spiro atoms. The summed E-state index contributed by atoms with van der Waals surface area (Å²) in [4.78, 5) is 4.18. The van der Waals surface area contributed by atoms with E-state index in [1.54, 1.807) is 6.20 Å². The topological polar surface area (TPSA) is 50.9 Å². The average molecular weight is 314 g/mol. The number of aromatic nitrogens is 1. The van der Waals surface area contributed by atoms with Crippen molar-refractivity contribution in [2.75, 3.05) is 18.0 Å². The van der Waals surface area contributed by atoms with Crippen molar-refractivity contribution < 1.29 is 0 Å². The van der Waals surface area contributed by atoms with Crippen molar-refractivity contribution in [2.45, 2.75) is 50.3 Å². The van der Waals surface area contributed by atoms with Crippen LogP contribution in [-0.4, -0.2) is 22.5 Å². The fourth-order valence-electron chi connectivity index (χ4n) is 2.61. The quantitative estimate of drug-likeness (QED) is 0.798. The second kappa shape index (κ2) is 8.11. The Morgan fingerprint density at radius 3 is 2.95 bits per heavy atom. The van der Waals surface area contributed by atoms with E-state index in [4.69, 9.17) is 17.3 Å². The molecule has 0 bridgehead atoms. The van der Waals surface area contributed by atoms with Crippen molar-refractivity contribution in [3.8, 4) is 0 Å². The molecule has 1 atom stereocenters. The molecule has 1 aliphatic carbocycles. The van der Waals surface area contributed by atoms with Crippen molar-refractivity contribution in [1.29, 1.82) is 0 Å². The van der Waals surface area contributed by atoms with Crippen LogP contribution in [0.15, 0.2) is 12.3 Å². The van der Waals surface area contributed by atoms with Gasteiger partial charge in [-0.2, -0.15) is 11.8 Å². The van der Waals surface area contributed by atoms with Crippen LogP contribution >= 0.6 is 23.4 Å². The Bertz CT molecular complexity index is 422. The molecule has 1 saturated carbocycles. The van der Waals surface area contributed by atoms with Gasteiger partial charge < -0.3 is 11.1 Å². The van der Waals surface area contributed by atoms with Gasteiger partial charge in [-0.25, -0.2) is 4.98 Å². The lowest BCUT2D eigenvalue weighted by atomic mass is 10.1. The van der Waals surface area contributed by atoms with Crippen molar-refractivity contribution in [1.82, 2.24) is 10.3 Å². The minimum atomic E-state index is 0.242. The van der Waals surface area contributed by atoms with Gasteiger partial charge in [0.2, 0.25) is 0 Å².